The number of para-hydroxylation sites is 2. The van der Waals surface area contributed by atoms with E-state index in [2.05, 4.69) is 5.16 Å². The molecular weight excluding hydrogens is 360 g/mol. The normalized spacial score (nSPS) is 20.7. The number of benzene rings is 2. The van der Waals surface area contributed by atoms with Crippen LogP contribution in [-0.2, 0) is 14.4 Å². The molecule has 7 nitrogen and oxygen atoms in total. The van der Waals surface area contributed by atoms with Crippen LogP contribution in [0.1, 0.15) is 16.7 Å². The van der Waals surface area contributed by atoms with Crippen LogP contribution in [0.2, 0.25) is 0 Å². The molecule has 0 bridgehead atoms. The quantitative estimate of drug-likeness (QED) is 0.762. The van der Waals surface area contributed by atoms with Crippen LogP contribution in [-0.4, -0.2) is 37.8 Å². The van der Waals surface area contributed by atoms with Crippen LogP contribution in [0.5, 0.6) is 11.5 Å². The first-order chi connectivity index (χ1) is 13.5. The predicted octanol–water partition coefficient (Wildman–Crippen LogP) is 2.61. The van der Waals surface area contributed by atoms with E-state index in [0.717, 1.165) is 11.1 Å². The maximum absolute atomic E-state index is 13.3. The first kappa shape index (κ1) is 18.0. The van der Waals surface area contributed by atoms with Crippen LogP contribution in [0.3, 0.4) is 0 Å². The van der Waals surface area contributed by atoms with Gasteiger partial charge < -0.3 is 14.3 Å². The van der Waals surface area contributed by atoms with Gasteiger partial charge >= 0.3 is 0 Å². The Morgan fingerprint density at radius 1 is 0.964 bits per heavy atom. The predicted molar refractivity (Wildman–Crippen MR) is 103 cm³/mol. The topological polar surface area (TPSA) is 77.4 Å². The van der Waals surface area contributed by atoms with E-state index >= 15 is 0 Å². The number of anilines is 1. The van der Waals surface area contributed by atoms with Crippen molar-refractivity contribution in [1.82, 2.24) is 0 Å². The zero-order valence-electron chi connectivity index (χ0n) is 16.1. The lowest BCUT2D eigenvalue weighted by Crippen LogP contribution is -2.34. The summed E-state index contributed by atoms with van der Waals surface area (Å²) in [6, 6.07) is 10.9. The molecule has 4 rings (SSSR count). The highest BCUT2D eigenvalue weighted by molar-refractivity contribution is 6.33. The third-order valence-electron chi connectivity index (χ3n) is 5.15. The van der Waals surface area contributed by atoms with Crippen LogP contribution in [0, 0.1) is 19.8 Å². The van der Waals surface area contributed by atoms with E-state index in [0.29, 0.717) is 28.5 Å². The number of imide groups is 1. The van der Waals surface area contributed by atoms with E-state index in [1.807, 2.05) is 32.0 Å². The van der Waals surface area contributed by atoms with Gasteiger partial charge in [0, 0.05) is 5.56 Å². The molecule has 2 aliphatic rings. The molecule has 2 heterocycles. The van der Waals surface area contributed by atoms with E-state index in [-0.39, 0.29) is 5.91 Å². The van der Waals surface area contributed by atoms with Gasteiger partial charge in [-0.05, 0) is 37.1 Å². The van der Waals surface area contributed by atoms with Gasteiger partial charge in [0.1, 0.15) is 11.6 Å². The fourth-order valence-corrected chi connectivity index (χ4v) is 3.87. The Balaban J connectivity index is 1.78. The number of carbonyl (C=O) groups excluding carboxylic acids is 2. The van der Waals surface area contributed by atoms with E-state index in [9.17, 15) is 9.59 Å². The first-order valence-electron chi connectivity index (χ1n) is 8.88. The van der Waals surface area contributed by atoms with Gasteiger partial charge in [0.2, 0.25) is 12.0 Å². The largest absolute Gasteiger partial charge is 0.493 e. The second kappa shape index (κ2) is 6.67. The average Bonchev–Trinajstić information content (AvgIpc) is 3.22. The zero-order chi connectivity index (χ0) is 20.0. The minimum absolute atomic E-state index is 0.353. The molecule has 0 N–H and O–H groups in total. The van der Waals surface area contributed by atoms with Crippen molar-refractivity contribution in [3.8, 4) is 11.5 Å². The number of carbonyl (C=O) groups is 2. The maximum atomic E-state index is 13.3. The molecule has 0 radical (unpaired) electrons. The summed E-state index contributed by atoms with van der Waals surface area (Å²) < 4.78 is 10.8. The Morgan fingerprint density at radius 3 is 2.29 bits per heavy atom. The molecule has 1 saturated heterocycles. The Hall–Kier alpha value is -3.35. The Labute approximate surface area is 162 Å². The molecule has 144 valence electrons. The van der Waals surface area contributed by atoms with Crippen LogP contribution < -0.4 is 14.4 Å². The second-order valence-corrected chi connectivity index (χ2v) is 6.77. The number of nitrogens with zero attached hydrogens (tertiary/aromatic N) is 2. The number of fused-ring (bicyclic) bond motifs is 1. The third kappa shape index (κ3) is 2.46. The summed E-state index contributed by atoms with van der Waals surface area (Å²) in [5.41, 5.74) is 3.23. The summed E-state index contributed by atoms with van der Waals surface area (Å²) in [5.74, 6) is -0.637. The number of rotatable bonds is 4. The fourth-order valence-electron chi connectivity index (χ4n) is 3.87. The Bertz CT molecular complexity index is 994. The molecule has 0 unspecified atom stereocenters. The molecule has 2 aromatic carbocycles. The maximum Gasteiger partial charge on any atom is 0.278 e. The van der Waals surface area contributed by atoms with Gasteiger partial charge in [0.25, 0.3) is 5.91 Å². The highest BCUT2D eigenvalue weighted by Crippen LogP contribution is 2.40. The van der Waals surface area contributed by atoms with Crippen molar-refractivity contribution in [2.45, 2.75) is 20.0 Å². The van der Waals surface area contributed by atoms with Crippen molar-refractivity contribution in [3.05, 3.63) is 53.1 Å². The molecule has 0 saturated carbocycles. The highest BCUT2D eigenvalue weighted by Gasteiger charge is 2.57. The van der Waals surface area contributed by atoms with Crippen LogP contribution in [0.4, 0.5) is 5.69 Å². The molecular formula is C21H20N2O5. The summed E-state index contributed by atoms with van der Waals surface area (Å²) in [6.45, 7) is 3.75. The molecule has 2 atom stereocenters. The van der Waals surface area contributed by atoms with Crippen molar-refractivity contribution >= 4 is 23.2 Å². The minimum Gasteiger partial charge on any atom is -0.493 e. The summed E-state index contributed by atoms with van der Waals surface area (Å²) in [7, 11) is 3.05. The number of hydrogen-bond donors (Lipinski definition) is 0. The van der Waals surface area contributed by atoms with Gasteiger partial charge in [0.05, 0.1) is 19.9 Å². The van der Waals surface area contributed by atoms with Gasteiger partial charge in [-0.15, -0.1) is 0 Å². The van der Waals surface area contributed by atoms with E-state index in [1.165, 1.54) is 19.1 Å². The number of amides is 2. The lowest BCUT2D eigenvalue weighted by atomic mass is 9.93. The fraction of sp³-hybridized carbons (Fsp3) is 0.286. The summed E-state index contributed by atoms with van der Waals surface area (Å²) in [5, 5.41) is 4.06. The molecule has 2 aliphatic heterocycles. The third-order valence-corrected chi connectivity index (χ3v) is 5.15. The Kier molecular flexibility index (Phi) is 4.30. The standard InChI is InChI=1S/C21H20N2O5/c1-11-7-5-8-12(2)17(11)23-20(24)15-16(22-28-19(15)21(23)25)13-9-6-10-14(26-3)18(13)27-4/h5-10,15,19H,1-4H3/t15-,19+/m1/s1. The summed E-state index contributed by atoms with van der Waals surface area (Å²) >= 11 is 0. The molecule has 28 heavy (non-hydrogen) atoms. The Morgan fingerprint density at radius 2 is 1.64 bits per heavy atom. The van der Waals surface area contributed by atoms with Crippen LogP contribution >= 0.6 is 0 Å². The van der Waals surface area contributed by atoms with Crippen molar-refractivity contribution < 1.29 is 23.9 Å². The van der Waals surface area contributed by atoms with Crippen molar-refractivity contribution in [1.29, 1.82) is 0 Å². The second-order valence-electron chi connectivity index (χ2n) is 6.77. The number of methoxy groups -OCH3 is 2. The molecule has 7 heteroatoms. The number of aryl methyl sites for hydroxylation is 2. The van der Waals surface area contributed by atoms with Gasteiger partial charge in [-0.2, -0.15) is 0 Å². The number of ether oxygens (including phenoxy) is 2. The first-order valence-corrected chi connectivity index (χ1v) is 8.88. The molecule has 2 aromatic rings. The summed E-state index contributed by atoms with van der Waals surface area (Å²) in [4.78, 5) is 33.0. The smallest absolute Gasteiger partial charge is 0.278 e. The van der Waals surface area contributed by atoms with E-state index in [1.54, 1.807) is 18.2 Å². The number of oxime groups is 1. The average molecular weight is 380 g/mol. The molecule has 0 spiro atoms. The van der Waals surface area contributed by atoms with E-state index in [4.69, 9.17) is 14.3 Å². The zero-order valence-corrected chi connectivity index (χ0v) is 16.1. The molecule has 2 amide bonds. The molecule has 1 fully saturated rings. The van der Waals surface area contributed by atoms with Gasteiger partial charge in [-0.25, -0.2) is 4.90 Å². The van der Waals surface area contributed by atoms with Crippen molar-refractivity contribution in [3.63, 3.8) is 0 Å². The SMILES string of the molecule is COc1cccc(C2=NO[C@@H]3C(=O)N(c4c(C)cccc4C)C(=O)[C@H]23)c1OC. The van der Waals surface area contributed by atoms with Crippen molar-refractivity contribution in [2.75, 3.05) is 19.1 Å². The summed E-state index contributed by atoms with van der Waals surface area (Å²) in [6.07, 6.45) is -0.975. The van der Waals surface area contributed by atoms with Crippen LogP contribution in [0.25, 0.3) is 0 Å². The van der Waals surface area contributed by atoms with Gasteiger partial charge in [-0.1, -0.05) is 29.4 Å². The highest BCUT2D eigenvalue weighted by atomic mass is 16.7. The lowest BCUT2D eigenvalue weighted by Gasteiger charge is -2.20. The molecule has 0 aromatic heterocycles. The van der Waals surface area contributed by atoms with E-state index < -0.39 is 17.9 Å². The van der Waals surface area contributed by atoms with Gasteiger partial charge in [-0.3, -0.25) is 9.59 Å². The minimum atomic E-state index is -0.975. The lowest BCUT2D eigenvalue weighted by molar-refractivity contribution is -0.126. The molecule has 0 aliphatic carbocycles. The number of hydrogen-bond acceptors (Lipinski definition) is 6. The van der Waals surface area contributed by atoms with Gasteiger partial charge in [0.15, 0.2) is 11.5 Å². The monoisotopic (exact) mass is 380 g/mol. The van der Waals surface area contributed by atoms with Crippen LogP contribution in [0.15, 0.2) is 41.6 Å². The van der Waals surface area contributed by atoms with Crippen molar-refractivity contribution in [2.24, 2.45) is 11.1 Å².